The lowest BCUT2D eigenvalue weighted by Gasteiger charge is -2.16. The van der Waals surface area contributed by atoms with Crippen LogP contribution in [0, 0.1) is 5.92 Å². The zero-order chi connectivity index (χ0) is 11.7. The van der Waals surface area contributed by atoms with E-state index < -0.39 is 0 Å². The summed E-state index contributed by atoms with van der Waals surface area (Å²) >= 11 is 9.65. The zero-order valence-electron chi connectivity index (χ0n) is 9.63. The van der Waals surface area contributed by atoms with Crippen molar-refractivity contribution in [2.24, 2.45) is 5.92 Å². The van der Waals surface area contributed by atoms with Gasteiger partial charge in [-0.05, 0) is 37.0 Å². The summed E-state index contributed by atoms with van der Waals surface area (Å²) in [5.41, 5.74) is 1.19. The molecule has 1 aromatic carbocycles. The summed E-state index contributed by atoms with van der Waals surface area (Å²) < 4.78 is 1.03. The maximum atomic E-state index is 6.23. The number of rotatable bonds is 4. The second kappa shape index (κ2) is 5.07. The Bertz CT molecular complexity index is 380. The molecule has 0 aliphatic heterocycles. The van der Waals surface area contributed by atoms with E-state index in [1.165, 1.54) is 18.4 Å². The molecule has 1 aromatic rings. The first-order valence-electron chi connectivity index (χ1n) is 5.82. The first kappa shape index (κ1) is 12.4. The quantitative estimate of drug-likeness (QED) is 0.860. The number of hydrogen-bond acceptors (Lipinski definition) is 1. The van der Waals surface area contributed by atoms with Gasteiger partial charge in [0.05, 0.1) is 0 Å². The van der Waals surface area contributed by atoms with Gasteiger partial charge in [-0.3, -0.25) is 0 Å². The van der Waals surface area contributed by atoms with Crippen molar-refractivity contribution >= 4 is 27.5 Å². The molecule has 1 N–H and O–H groups in total. The Hall–Kier alpha value is -0.0500. The first-order valence-corrected chi connectivity index (χ1v) is 7.00. The highest BCUT2D eigenvalue weighted by molar-refractivity contribution is 9.10. The molecule has 88 valence electrons. The maximum Gasteiger partial charge on any atom is 0.0464 e. The highest BCUT2D eigenvalue weighted by Gasteiger charge is 2.36. The van der Waals surface area contributed by atoms with E-state index in [0.717, 1.165) is 15.4 Å². The van der Waals surface area contributed by atoms with Crippen LogP contribution in [0.25, 0.3) is 0 Å². The second-order valence-electron chi connectivity index (χ2n) is 4.56. The van der Waals surface area contributed by atoms with Crippen LogP contribution in [0.1, 0.15) is 38.3 Å². The first-order chi connectivity index (χ1) is 7.61. The van der Waals surface area contributed by atoms with Gasteiger partial charge in [0.25, 0.3) is 0 Å². The largest absolute Gasteiger partial charge is 0.307 e. The molecule has 0 radical (unpaired) electrons. The normalized spacial score (nSPS) is 25.5. The third-order valence-electron chi connectivity index (χ3n) is 3.34. The predicted octanol–water partition coefficient (Wildman–Crippen LogP) is 4.55. The van der Waals surface area contributed by atoms with Crippen LogP contribution in [0.3, 0.4) is 0 Å². The van der Waals surface area contributed by atoms with Crippen LogP contribution in [-0.2, 0) is 0 Å². The molecule has 0 saturated heterocycles. The van der Waals surface area contributed by atoms with Crippen molar-refractivity contribution in [2.75, 3.05) is 0 Å². The summed E-state index contributed by atoms with van der Waals surface area (Å²) in [6.07, 6.45) is 2.59. The molecular weight excluding hydrogens is 286 g/mol. The second-order valence-corrected chi connectivity index (χ2v) is 5.89. The molecular formula is C13H17BrClN. The smallest absolute Gasteiger partial charge is 0.0464 e. The molecule has 0 aromatic heterocycles. The fourth-order valence-electron chi connectivity index (χ4n) is 2.17. The lowest BCUT2D eigenvalue weighted by atomic mass is 10.1. The van der Waals surface area contributed by atoms with E-state index in [1.54, 1.807) is 0 Å². The van der Waals surface area contributed by atoms with E-state index in [1.807, 2.05) is 12.1 Å². The van der Waals surface area contributed by atoms with Gasteiger partial charge in [-0.2, -0.15) is 0 Å². The van der Waals surface area contributed by atoms with E-state index in [-0.39, 0.29) is 0 Å². The van der Waals surface area contributed by atoms with Crippen molar-refractivity contribution in [1.29, 1.82) is 0 Å². The van der Waals surface area contributed by atoms with Crippen molar-refractivity contribution in [2.45, 2.75) is 38.8 Å². The maximum absolute atomic E-state index is 6.23. The molecule has 3 atom stereocenters. The molecule has 1 fully saturated rings. The molecule has 1 aliphatic carbocycles. The van der Waals surface area contributed by atoms with Gasteiger partial charge in [0.15, 0.2) is 0 Å². The highest BCUT2D eigenvalue weighted by atomic mass is 79.9. The van der Waals surface area contributed by atoms with E-state index in [9.17, 15) is 0 Å². The lowest BCUT2D eigenvalue weighted by molar-refractivity contribution is 0.539. The van der Waals surface area contributed by atoms with E-state index in [4.69, 9.17) is 11.6 Å². The third-order valence-corrected chi connectivity index (χ3v) is 4.16. The summed E-state index contributed by atoms with van der Waals surface area (Å²) in [6.45, 7) is 4.43. The molecule has 0 spiro atoms. The Kier molecular flexibility index (Phi) is 3.93. The third kappa shape index (κ3) is 2.79. The minimum atomic E-state index is 0.335. The lowest BCUT2D eigenvalue weighted by Crippen LogP contribution is -2.22. The van der Waals surface area contributed by atoms with Crippen LogP contribution >= 0.6 is 27.5 Å². The van der Waals surface area contributed by atoms with Gasteiger partial charge in [0.1, 0.15) is 0 Å². The van der Waals surface area contributed by atoms with Gasteiger partial charge in [0, 0.05) is 21.6 Å². The summed E-state index contributed by atoms with van der Waals surface area (Å²) in [4.78, 5) is 0. The van der Waals surface area contributed by atoms with Gasteiger partial charge in [0.2, 0.25) is 0 Å². The molecule has 3 heteroatoms. The Labute approximate surface area is 111 Å². The van der Waals surface area contributed by atoms with Gasteiger partial charge in [-0.15, -0.1) is 0 Å². The summed E-state index contributed by atoms with van der Waals surface area (Å²) in [5.74, 6) is 0.872. The molecule has 1 saturated carbocycles. The summed E-state index contributed by atoms with van der Waals surface area (Å²) in [6, 6.07) is 7.12. The van der Waals surface area contributed by atoms with Gasteiger partial charge < -0.3 is 5.32 Å². The molecule has 3 unspecified atom stereocenters. The van der Waals surface area contributed by atoms with Crippen molar-refractivity contribution in [3.63, 3.8) is 0 Å². The fraction of sp³-hybridized carbons (Fsp3) is 0.538. The molecule has 16 heavy (non-hydrogen) atoms. The predicted molar refractivity (Wildman–Crippen MR) is 72.9 cm³/mol. The van der Waals surface area contributed by atoms with Crippen LogP contribution in [0.5, 0.6) is 0 Å². The Morgan fingerprint density at radius 2 is 2.31 bits per heavy atom. The molecule has 1 aliphatic rings. The molecule has 0 amide bonds. The van der Waals surface area contributed by atoms with Crippen LogP contribution in [0.15, 0.2) is 22.7 Å². The van der Waals surface area contributed by atoms with Crippen molar-refractivity contribution in [3.8, 4) is 0 Å². The molecule has 0 heterocycles. The number of halogens is 2. The molecule has 1 nitrogen and oxygen atoms in total. The fourth-order valence-corrected chi connectivity index (χ4v) is 3.00. The summed E-state index contributed by atoms with van der Waals surface area (Å²) in [7, 11) is 0. The SMILES string of the molecule is CCC1CC1NC(C)c1ccc(Br)cc1Cl. The van der Waals surface area contributed by atoms with Crippen molar-refractivity contribution < 1.29 is 0 Å². The Balaban J connectivity index is 2.01. The van der Waals surface area contributed by atoms with Gasteiger partial charge in [-0.25, -0.2) is 0 Å². The molecule has 0 bridgehead atoms. The molecule has 2 rings (SSSR count). The van der Waals surface area contributed by atoms with Gasteiger partial charge >= 0.3 is 0 Å². The Morgan fingerprint density at radius 1 is 1.56 bits per heavy atom. The topological polar surface area (TPSA) is 12.0 Å². The average Bonchev–Trinajstić information content (AvgIpc) is 2.96. The van der Waals surface area contributed by atoms with Crippen LogP contribution in [0.4, 0.5) is 0 Å². The number of nitrogens with one attached hydrogen (secondary N) is 1. The van der Waals surface area contributed by atoms with Crippen LogP contribution < -0.4 is 5.32 Å². The minimum absolute atomic E-state index is 0.335. The van der Waals surface area contributed by atoms with Crippen LogP contribution in [-0.4, -0.2) is 6.04 Å². The zero-order valence-corrected chi connectivity index (χ0v) is 12.0. The van der Waals surface area contributed by atoms with Gasteiger partial charge in [-0.1, -0.05) is 46.9 Å². The number of hydrogen-bond donors (Lipinski definition) is 1. The standard InChI is InChI=1S/C13H17BrClN/c1-3-9-6-13(9)16-8(2)11-5-4-10(14)7-12(11)15/h4-5,7-9,13,16H,3,6H2,1-2H3. The Morgan fingerprint density at radius 3 is 2.88 bits per heavy atom. The van der Waals surface area contributed by atoms with E-state index in [0.29, 0.717) is 12.1 Å². The van der Waals surface area contributed by atoms with Crippen molar-refractivity contribution in [1.82, 2.24) is 5.32 Å². The van der Waals surface area contributed by atoms with Crippen molar-refractivity contribution in [3.05, 3.63) is 33.3 Å². The van der Waals surface area contributed by atoms with Crippen LogP contribution in [0.2, 0.25) is 5.02 Å². The highest BCUT2D eigenvalue weighted by Crippen LogP contribution is 2.36. The average molecular weight is 303 g/mol. The summed E-state index contributed by atoms with van der Waals surface area (Å²) in [5, 5.41) is 4.47. The number of benzene rings is 1. The van der Waals surface area contributed by atoms with E-state index >= 15 is 0 Å². The monoisotopic (exact) mass is 301 g/mol. The van der Waals surface area contributed by atoms with E-state index in [2.05, 4.69) is 41.2 Å². The minimum Gasteiger partial charge on any atom is -0.307 e.